The zero-order valence-electron chi connectivity index (χ0n) is 16.5. The third kappa shape index (κ3) is 4.17. The van der Waals surface area contributed by atoms with Gasteiger partial charge in [0, 0.05) is 22.3 Å². The van der Waals surface area contributed by atoms with Crippen LogP contribution in [0.15, 0.2) is 77.2 Å². The van der Waals surface area contributed by atoms with E-state index in [1.165, 1.54) is 0 Å². The SMILES string of the molecule is Cc1cc(C)cc(-c2nnc(NC(=O)c3ccc(C(=O)c4ccccc4)cc3)o2)c1. The van der Waals surface area contributed by atoms with Gasteiger partial charge < -0.3 is 4.42 Å². The van der Waals surface area contributed by atoms with E-state index in [2.05, 4.69) is 21.6 Å². The summed E-state index contributed by atoms with van der Waals surface area (Å²) in [5, 5.41) is 10.5. The fraction of sp³-hybridized carbons (Fsp3) is 0.0833. The average Bonchev–Trinajstić information content (AvgIpc) is 3.22. The van der Waals surface area contributed by atoms with Gasteiger partial charge >= 0.3 is 6.01 Å². The molecule has 148 valence electrons. The second-order valence-electron chi connectivity index (χ2n) is 7.02. The van der Waals surface area contributed by atoms with Crippen molar-refractivity contribution in [3.63, 3.8) is 0 Å². The standard InChI is InChI=1S/C24H19N3O3/c1-15-12-16(2)14-20(13-15)23-26-27-24(30-23)25-22(29)19-10-8-18(9-11-19)21(28)17-6-4-3-5-7-17/h3-14H,1-2H3,(H,25,27,29). The number of amides is 1. The van der Waals surface area contributed by atoms with Crippen LogP contribution in [0.4, 0.5) is 6.01 Å². The number of carbonyl (C=O) groups is 2. The fourth-order valence-electron chi connectivity index (χ4n) is 3.19. The molecule has 3 aromatic carbocycles. The van der Waals surface area contributed by atoms with Crippen LogP contribution in [0.25, 0.3) is 11.5 Å². The monoisotopic (exact) mass is 397 g/mol. The Morgan fingerprint density at radius 2 is 1.37 bits per heavy atom. The Labute approximate surface area is 173 Å². The number of ketones is 1. The number of benzene rings is 3. The molecule has 0 fully saturated rings. The van der Waals surface area contributed by atoms with E-state index in [0.29, 0.717) is 22.6 Å². The van der Waals surface area contributed by atoms with Crippen molar-refractivity contribution in [3.05, 3.63) is 101 Å². The highest BCUT2D eigenvalue weighted by atomic mass is 16.4. The molecule has 4 aromatic rings. The molecule has 0 saturated heterocycles. The molecule has 6 nitrogen and oxygen atoms in total. The lowest BCUT2D eigenvalue weighted by molar-refractivity contribution is 0.101. The average molecular weight is 397 g/mol. The topological polar surface area (TPSA) is 85.1 Å². The molecule has 6 heteroatoms. The summed E-state index contributed by atoms with van der Waals surface area (Å²) in [6.07, 6.45) is 0. The largest absolute Gasteiger partial charge is 0.403 e. The molecule has 0 spiro atoms. The highest BCUT2D eigenvalue weighted by Gasteiger charge is 2.14. The van der Waals surface area contributed by atoms with Crippen molar-refractivity contribution in [3.8, 4) is 11.5 Å². The van der Waals surface area contributed by atoms with Gasteiger partial charge in [0.15, 0.2) is 5.78 Å². The highest BCUT2D eigenvalue weighted by molar-refractivity contribution is 6.10. The van der Waals surface area contributed by atoms with Crippen molar-refractivity contribution < 1.29 is 14.0 Å². The van der Waals surface area contributed by atoms with Crippen LogP contribution in [0.5, 0.6) is 0 Å². The maximum atomic E-state index is 12.5. The van der Waals surface area contributed by atoms with Gasteiger partial charge in [0.2, 0.25) is 5.89 Å². The Morgan fingerprint density at radius 3 is 2.03 bits per heavy atom. The number of carbonyl (C=O) groups excluding carboxylic acids is 2. The van der Waals surface area contributed by atoms with Gasteiger partial charge in [-0.1, -0.05) is 64.8 Å². The highest BCUT2D eigenvalue weighted by Crippen LogP contribution is 2.22. The number of hydrogen-bond acceptors (Lipinski definition) is 5. The number of hydrogen-bond donors (Lipinski definition) is 1. The second kappa shape index (κ2) is 8.13. The second-order valence-corrected chi connectivity index (χ2v) is 7.02. The van der Waals surface area contributed by atoms with E-state index >= 15 is 0 Å². The van der Waals surface area contributed by atoms with Gasteiger partial charge in [-0.05, 0) is 38.1 Å². The molecule has 1 aromatic heterocycles. The molecular weight excluding hydrogens is 378 g/mol. The minimum Gasteiger partial charge on any atom is -0.403 e. The van der Waals surface area contributed by atoms with Crippen LogP contribution in [0.1, 0.15) is 37.4 Å². The van der Waals surface area contributed by atoms with Crippen molar-refractivity contribution in [1.29, 1.82) is 0 Å². The van der Waals surface area contributed by atoms with Crippen molar-refractivity contribution in [2.75, 3.05) is 5.32 Å². The molecule has 1 N–H and O–H groups in total. The number of nitrogens with one attached hydrogen (secondary N) is 1. The van der Waals surface area contributed by atoms with E-state index in [1.54, 1.807) is 36.4 Å². The van der Waals surface area contributed by atoms with Crippen LogP contribution in [-0.2, 0) is 0 Å². The Bertz CT molecular complexity index is 1190. The third-order valence-corrected chi connectivity index (χ3v) is 4.56. The lowest BCUT2D eigenvalue weighted by Gasteiger charge is -2.04. The zero-order valence-corrected chi connectivity index (χ0v) is 16.5. The predicted octanol–water partition coefficient (Wildman–Crippen LogP) is 4.84. The molecule has 0 aliphatic rings. The van der Waals surface area contributed by atoms with Crippen LogP contribution in [0, 0.1) is 13.8 Å². The molecule has 0 bridgehead atoms. The zero-order chi connectivity index (χ0) is 21.1. The maximum Gasteiger partial charge on any atom is 0.322 e. The number of nitrogens with zero attached hydrogens (tertiary/aromatic N) is 2. The van der Waals surface area contributed by atoms with Gasteiger partial charge in [0.1, 0.15) is 0 Å². The summed E-state index contributed by atoms with van der Waals surface area (Å²) >= 11 is 0. The molecule has 30 heavy (non-hydrogen) atoms. The molecule has 4 rings (SSSR count). The lowest BCUT2D eigenvalue weighted by atomic mass is 10.0. The molecule has 0 unspecified atom stereocenters. The normalized spacial score (nSPS) is 10.6. The third-order valence-electron chi connectivity index (χ3n) is 4.56. The van der Waals surface area contributed by atoms with Crippen LogP contribution >= 0.6 is 0 Å². The van der Waals surface area contributed by atoms with Gasteiger partial charge in [0.25, 0.3) is 5.91 Å². The summed E-state index contributed by atoms with van der Waals surface area (Å²) in [5.41, 5.74) is 4.44. The summed E-state index contributed by atoms with van der Waals surface area (Å²) in [6.45, 7) is 3.98. The predicted molar refractivity (Wildman–Crippen MR) is 113 cm³/mol. The summed E-state index contributed by atoms with van der Waals surface area (Å²) in [4.78, 5) is 25.0. The van der Waals surface area contributed by atoms with Gasteiger partial charge in [-0.15, -0.1) is 5.10 Å². The summed E-state index contributed by atoms with van der Waals surface area (Å²) in [5.74, 6) is -0.164. The Balaban J connectivity index is 1.47. The van der Waals surface area contributed by atoms with Crippen LogP contribution in [0.3, 0.4) is 0 Å². The van der Waals surface area contributed by atoms with Crippen molar-refractivity contribution in [2.45, 2.75) is 13.8 Å². The minimum absolute atomic E-state index is 0.0126. The maximum absolute atomic E-state index is 12.5. The smallest absolute Gasteiger partial charge is 0.322 e. The Kier molecular flexibility index (Phi) is 5.22. The van der Waals surface area contributed by atoms with E-state index in [1.807, 2.05) is 44.2 Å². The molecular formula is C24H19N3O3. The van der Waals surface area contributed by atoms with E-state index in [-0.39, 0.29) is 11.8 Å². The quantitative estimate of drug-likeness (QED) is 0.487. The Morgan fingerprint density at radius 1 is 0.767 bits per heavy atom. The first kappa shape index (κ1) is 19.3. The van der Waals surface area contributed by atoms with Crippen molar-refractivity contribution in [1.82, 2.24) is 10.2 Å². The molecule has 0 radical (unpaired) electrons. The molecule has 1 amide bonds. The van der Waals surface area contributed by atoms with Crippen molar-refractivity contribution in [2.24, 2.45) is 0 Å². The first-order chi connectivity index (χ1) is 14.5. The summed E-state index contributed by atoms with van der Waals surface area (Å²) in [7, 11) is 0. The number of rotatable bonds is 5. The Hall–Kier alpha value is -4.06. The van der Waals surface area contributed by atoms with Crippen LogP contribution in [0.2, 0.25) is 0 Å². The summed E-state index contributed by atoms with van der Waals surface area (Å²) < 4.78 is 5.58. The molecule has 0 aliphatic carbocycles. The first-order valence-corrected chi connectivity index (χ1v) is 9.43. The van der Waals surface area contributed by atoms with Gasteiger partial charge in [-0.3, -0.25) is 14.9 Å². The van der Waals surface area contributed by atoms with Gasteiger partial charge in [-0.2, -0.15) is 0 Å². The molecule has 0 saturated carbocycles. The number of anilines is 1. The molecule has 0 aliphatic heterocycles. The summed E-state index contributed by atoms with van der Waals surface area (Å²) in [6, 6.07) is 21.4. The van der Waals surface area contributed by atoms with E-state index < -0.39 is 5.91 Å². The van der Waals surface area contributed by atoms with Gasteiger partial charge in [-0.25, -0.2) is 0 Å². The lowest BCUT2D eigenvalue weighted by Crippen LogP contribution is -2.12. The van der Waals surface area contributed by atoms with E-state index in [0.717, 1.165) is 16.7 Å². The number of aryl methyl sites for hydroxylation is 2. The minimum atomic E-state index is -0.399. The van der Waals surface area contributed by atoms with Crippen molar-refractivity contribution >= 4 is 17.7 Å². The fourth-order valence-corrected chi connectivity index (χ4v) is 3.19. The van der Waals surface area contributed by atoms with E-state index in [4.69, 9.17) is 4.42 Å². The van der Waals surface area contributed by atoms with E-state index in [9.17, 15) is 9.59 Å². The molecule has 1 heterocycles. The number of aromatic nitrogens is 2. The molecule has 0 atom stereocenters. The first-order valence-electron chi connectivity index (χ1n) is 9.43. The van der Waals surface area contributed by atoms with Crippen LogP contribution in [-0.4, -0.2) is 21.9 Å². The van der Waals surface area contributed by atoms with Gasteiger partial charge in [0.05, 0.1) is 0 Å². The van der Waals surface area contributed by atoms with Crippen LogP contribution < -0.4 is 5.32 Å².